The Bertz CT molecular complexity index is 692. The second-order valence-corrected chi connectivity index (χ2v) is 5.39. The second-order valence-electron chi connectivity index (χ2n) is 4.57. The van der Waals surface area contributed by atoms with Crippen molar-refractivity contribution in [3.63, 3.8) is 0 Å². The molecule has 0 aliphatic rings. The first kappa shape index (κ1) is 16.3. The lowest BCUT2D eigenvalue weighted by atomic mass is 10.2. The average Bonchev–Trinajstić information content (AvgIpc) is 2.51. The van der Waals surface area contributed by atoms with Gasteiger partial charge in [-0.3, -0.25) is 14.6 Å². The van der Waals surface area contributed by atoms with E-state index in [4.69, 9.17) is 23.2 Å². The highest BCUT2D eigenvalue weighted by molar-refractivity contribution is 6.42. The molecule has 0 saturated carbocycles. The molecule has 1 aromatic carbocycles. The van der Waals surface area contributed by atoms with Crippen molar-refractivity contribution in [2.45, 2.75) is 0 Å². The smallest absolute Gasteiger partial charge is 0.254 e. The number of anilines is 1. The highest BCUT2D eigenvalue weighted by atomic mass is 35.5. The van der Waals surface area contributed by atoms with Crippen LogP contribution in [0, 0.1) is 0 Å². The summed E-state index contributed by atoms with van der Waals surface area (Å²) in [7, 11) is 1.55. The summed E-state index contributed by atoms with van der Waals surface area (Å²) in [5, 5.41) is 3.41. The number of likely N-dealkylation sites (N-methyl/N-ethyl adjacent to an activating group) is 1. The molecule has 2 amide bonds. The fraction of sp³-hybridized carbons (Fsp3) is 0.133. The minimum atomic E-state index is -0.330. The molecule has 0 spiro atoms. The van der Waals surface area contributed by atoms with E-state index in [9.17, 15) is 9.59 Å². The lowest BCUT2D eigenvalue weighted by Gasteiger charge is -2.16. The first-order chi connectivity index (χ1) is 10.5. The van der Waals surface area contributed by atoms with E-state index >= 15 is 0 Å². The van der Waals surface area contributed by atoms with E-state index in [0.717, 1.165) is 0 Å². The van der Waals surface area contributed by atoms with Gasteiger partial charge in [0.25, 0.3) is 5.91 Å². The molecule has 0 atom stereocenters. The van der Waals surface area contributed by atoms with Gasteiger partial charge >= 0.3 is 0 Å². The van der Waals surface area contributed by atoms with Crippen LogP contribution in [-0.4, -0.2) is 35.3 Å². The summed E-state index contributed by atoms with van der Waals surface area (Å²) < 4.78 is 0. The number of aromatic nitrogens is 1. The lowest BCUT2D eigenvalue weighted by molar-refractivity contribution is -0.116. The number of benzene rings is 1. The second kappa shape index (κ2) is 7.24. The molecule has 0 radical (unpaired) electrons. The van der Waals surface area contributed by atoms with Gasteiger partial charge in [0.1, 0.15) is 0 Å². The van der Waals surface area contributed by atoms with Gasteiger partial charge in [-0.25, -0.2) is 0 Å². The minimum absolute atomic E-state index is 0.0819. The van der Waals surface area contributed by atoms with Gasteiger partial charge in [0.15, 0.2) is 0 Å². The van der Waals surface area contributed by atoms with Crippen molar-refractivity contribution in [2.24, 2.45) is 0 Å². The molecule has 0 bridgehead atoms. The van der Waals surface area contributed by atoms with Crippen LogP contribution >= 0.6 is 23.2 Å². The molecule has 5 nitrogen and oxygen atoms in total. The fourth-order valence-electron chi connectivity index (χ4n) is 1.78. The largest absolute Gasteiger partial charge is 0.332 e. The van der Waals surface area contributed by atoms with E-state index in [1.807, 2.05) is 0 Å². The Balaban J connectivity index is 1.96. The zero-order valence-corrected chi connectivity index (χ0v) is 13.2. The molecule has 2 rings (SSSR count). The summed E-state index contributed by atoms with van der Waals surface area (Å²) in [6.07, 6.45) is 3.05. The van der Waals surface area contributed by atoms with Gasteiger partial charge in [-0.1, -0.05) is 23.2 Å². The molecule has 7 heteroatoms. The number of pyridine rings is 1. The number of hydrogen-bond donors (Lipinski definition) is 1. The SMILES string of the molecule is CN(CC(=O)Nc1ccc(Cl)c(Cl)c1)C(=O)c1ccncc1. The first-order valence-electron chi connectivity index (χ1n) is 6.38. The summed E-state index contributed by atoms with van der Waals surface area (Å²) in [6, 6.07) is 7.96. The van der Waals surface area contributed by atoms with Gasteiger partial charge < -0.3 is 10.2 Å². The third-order valence-corrected chi connectivity index (χ3v) is 3.60. The zero-order chi connectivity index (χ0) is 16.1. The van der Waals surface area contributed by atoms with E-state index in [-0.39, 0.29) is 18.4 Å². The number of rotatable bonds is 4. The van der Waals surface area contributed by atoms with Crippen molar-refractivity contribution >= 4 is 40.7 Å². The average molecular weight is 338 g/mol. The van der Waals surface area contributed by atoms with Crippen LogP contribution in [0.25, 0.3) is 0 Å². The number of hydrogen-bond acceptors (Lipinski definition) is 3. The number of carbonyl (C=O) groups is 2. The van der Waals surface area contributed by atoms with E-state index in [0.29, 0.717) is 21.3 Å². The summed E-state index contributed by atoms with van der Waals surface area (Å²) >= 11 is 11.7. The zero-order valence-electron chi connectivity index (χ0n) is 11.7. The summed E-state index contributed by atoms with van der Waals surface area (Å²) in [5.74, 6) is -0.588. The van der Waals surface area contributed by atoms with E-state index in [2.05, 4.69) is 10.3 Å². The van der Waals surface area contributed by atoms with E-state index < -0.39 is 0 Å². The predicted molar refractivity (Wildman–Crippen MR) is 86.3 cm³/mol. The van der Waals surface area contributed by atoms with Crippen molar-refractivity contribution in [1.29, 1.82) is 0 Å². The van der Waals surface area contributed by atoms with Crippen LogP contribution in [0.4, 0.5) is 5.69 Å². The molecule has 0 unspecified atom stereocenters. The highest BCUT2D eigenvalue weighted by Gasteiger charge is 2.15. The summed E-state index contributed by atoms with van der Waals surface area (Å²) in [6.45, 7) is -0.0819. The Kier molecular flexibility index (Phi) is 5.35. The van der Waals surface area contributed by atoms with Gasteiger partial charge in [-0.2, -0.15) is 0 Å². The van der Waals surface area contributed by atoms with Crippen LogP contribution < -0.4 is 5.32 Å². The fourth-order valence-corrected chi connectivity index (χ4v) is 2.07. The highest BCUT2D eigenvalue weighted by Crippen LogP contribution is 2.24. The molecule has 0 saturated heterocycles. The van der Waals surface area contributed by atoms with Crippen molar-refractivity contribution in [3.05, 3.63) is 58.3 Å². The van der Waals surface area contributed by atoms with Gasteiger partial charge in [-0.15, -0.1) is 0 Å². The number of halogens is 2. The number of nitrogens with zero attached hydrogens (tertiary/aromatic N) is 2. The van der Waals surface area contributed by atoms with Crippen LogP contribution in [0.5, 0.6) is 0 Å². The molecule has 1 aromatic heterocycles. The third kappa shape index (κ3) is 4.19. The maximum absolute atomic E-state index is 12.1. The normalized spacial score (nSPS) is 10.1. The Labute approximate surface area is 137 Å². The van der Waals surface area contributed by atoms with E-state index in [1.54, 1.807) is 37.4 Å². The number of carbonyl (C=O) groups excluding carboxylic acids is 2. The van der Waals surface area contributed by atoms with Crippen molar-refractivity contribution in [2.75, 3.05) is 18.9 Å². The van der Waals surface area contributed by atoms with Crippen LogP contribution in [0.1, 0.15) is 10.4 Å². The minimum Gasteiger partial charge on any atom is -0.332 e. The molecule has 0 aliphatic carbocycles. The van der Waals surface area contributed by atoms with Crippen LogP contribution in [0.3, 0.4) is 0 Å². The Morgan fingerprint density at radius 1 is 1.14 bits per heavy atom. The quantitative estimate of drug-likeness (QED) is 0.932. The van der Waals surface area contributed by atoms with Gasteiger partial charge in [0.05, 0.1) is 16.6 Å². The monoisotopic (exact) mass is 337 g/mol. The summed E-state index contributed by atoms with van der Waals surface area (Å²) in [4.78, 5) is 29.2. The number of amides is 2. The maximum atomic E-state index is 12.1. The van der Waals surface area contributed by atoms with Gasteiger partial charge in [0.2, 0.25) is 5.91 Å². The third-order valence-electron chi connectivity index (χ3n) is 2.86. The standard InChI is InChI=1S/C15H13Cl2N3O2/c1-20(15(22)10-4-6-18-7-5-10)9-14(21)19-11-2-3-12(16)13(17)8-11/h2-8H,9H2,1H3,(H,19,21). The summed E-state index contributed by atoms with van der Waals surface area (Å²) in [5.41, 5.74) is 0.990. The topological polar surface area (TPSA) is 62.3 Å². The van der Waals surface area contributed by atoms with Crippen LogP contribution in [0.2, 0.25) is 10.0 Å². The Morgan fingerprint density at radius 3 is 2.45 bits per heavy atom. The molecule has 22 heavy (non-hydrogen) atoms. The first-order valence-corrected chi connectivity index (χ1v) is 7.13. The lowest BCUT2D eigenvalue weighted by Crippen LogP contribution is -2.34. The van der Waals surface area contributed by atoms with Crippen LogP contribution in [0.15, 0.2) is 42.7 Å². The molecule has 2 aromatic rings. The molecular weight excluding hydrogens is 325 g/mol. The molecule has 1 heterocycles. The van der Waals surface area contributed by atoms with Crippen molar-refractivity contribution < 1.29 is 9.59 Å². The maximum Gasteiger partial charge on any atom is 0.254 e. The van der Waals surface area contributed by atoms with Crippen LogP contribution in [-0.2, 0) is 4.79 Å². The molecule has 0 fully saturated rings. The Morgan fingerprint density at radius 2 is 1.82 bits per heavy atom. The molecule has 1 N–H and O–H groups in total. The van der Waals surface area contributed by atoms with Crippen molar-refractivity contribution in [3.8, 4) is 0 Å². The van der Waals surface area contributed by atoms with Gasteiger partial charge in [0, 0.05) is 30.7 Å². The molecular formula is C15H13Cl2N3O2. The Hall–Kier alpha value is -2.11. The van der Waals surface area contributed by atoms with E-state index in [1.165, 1.54) is 17.3 Å². The molecule has 0 aliphatic heterocycles. The predicted octanol–water partition coefficient (Wildman–Crippen LogP) is 3.10. The van der Waals surface area contributed by atoms with Gasteiger partial charge in [-0.05, 0) is 30.3 Å². The number of nitrogens with one attached hydrogen (secondary N) is 1. The van der Waals surface area contributed by atoms with Crippen molar-refractivity contribution in [1.82, 2.24) is 9.88 Å². The molecule has 114 valence electrons.